The maximum absolute atomic E-state index is 5.99. The van der Waals surface area contributed by atoms with E-state index in [9.17, 15) is 0 Å². The maximum atomic E-state index is 5.99. The second kappa shape index (κ2) is 7.51. The van der Waals surface area contributed by atoms with Gasteiger partial charge in [0, 0.05) is 47.3 Å². The number of aryl methyl sites for hydroxylation is 1. The van der Waals surface area contributed by atoms with E-state index in [1.165, 1.54) is 5.56 Å². The molecule has 132 valence electrons. The van der Waals surface area contributed by atoms with E-state index in [2.05, 4.69) is 42.9 Å². The van der Waals surface area contributed by atoms with Crippen LogP contribution in [0.3, 0.4) is 0 Å². The highest BCUT2D eigenvalue weighted by Crippen LogP contribution is 2.27. The third-order valence-corrected chi connectivity index (χ3v) is 4.92. The van der Waals surface area contributed by atoms with E-state index in [4.69, 9.17) is 9.72 Å². The van der Waals surface area contributed by atoms with Gasteiger partial charge in [-0.15, -0.1) is 0 Å². The van der Waals surface area contributed by atoms with Crippen molar-refractivity contribution in [2.24, 2.45) is 0 Å². The molecule has 6 heteroatoms. The summed E-state index contributed by atoms with van der Waals surface area (Å²) in [7, 11) is 0. The van der Waals surface area contributed by atoms with Gasteiger partial charge in [-0.05, 0) is 36.8 Å². The number of anilines is 1. The molecule has 0 spiro atoms. The highest BCUT2D eigenvalue weighted by molar-refractivity contribution is 9.10. The van der Waals surface area contributed by atoms with Gasteiger partial charge in [0.2, 0.25) is 0 Å². The molecule has 3 aromatic rings. The minimum absolute atomic E-state index is 0.0361. The number of benzene rings is 1. The second-order valence-corrected chi connectivity index (χ2v) is 7.21. The number of rotatable bonds is 3. The summed E-state index contributed by atoms with van der Waals surface area (Å²) in [6.07, 6.45) is 3.59. The van der Waals surface area contributed by atoms with Crippen LogP contribution in [0.1, 0.15) is 17.4 Å². The molecule has 1 unspecified atom stereocenters. The Morgan fingerprint density at radius 1 is 1.15 bits per heavy atom. The summed E-state index contributed by atoms with van der Waals surface area (Å²) in [6, 6.07) is 14.2. The summed E-state index contributed by atoms with van der Waals surface area (Å²) in [4.78, 5) is 15.8. The third kappa shape index (κ3) is 3.76. The first-order valence-corrected chi connectivity index (χ1v) is 9.36. The van der Waals surface area contributed by atoms with E-state index >= 15 is 0 Å². The van der Waals surface area contributed by atoms with Crippen molar-refractivity contribution in [1.29, 1.82) is 0 Å². The first kappa shape index (κ1) is 17.1. The van der Waals surface area contributed by atoms with Crippen molar-refractivity contribution in [3.8, 4) is 11.4 Å². The van der Waals surface area contributed by atoms with Gasteiger partial charge in [0.25, 0.3) is 0 Å². The molecule has 4 rings (SSSR count). The first-order chi connectivity index (χ1) is 12.7. The van der Waals surface area contributed by atoms with E-state index in [1.54, 1.807) is 12.4 Å². The Morgan fingerprint density at radius 3 is 2.77 bits per heavy atom. The Labute approximate surface area is 161 Å². The Balaban J connectivity index is 1.60. The molecule has 1 atom stereocenters. The number of halogens is 1. The molecule has 1 aromatic carbocycles. The van der Waals surface area contributed by atoms with Crippen molar-refractivity contribution in [2.45, 2.75) is 13.0 Å². The predicted molar refractivity (Wildman–Crippen MR) is 105 cm³/mol. The van der Waals surface area contributed by atoms with Gasteiger partial charge in [0.05, 0.1) is 6.61 Å². The summed E-state index contributed by atoms with van der Waals surface area (Å²) in [6.45, 7) is 4.25. The van der Waals surface area contributed by atoms with Crippen molar-refractivity contribution in [3.63, 3.8) is 0 Å². The van der Waals surface area contributed by atoms with Gasteiger partial charge in [-0.1, -0.05) is 28.1 Å². The van der Waals surface area contributed by atoms with E-state index in [1.807, 2.05) is 37.3 Å². The average Bonchev–Trinajstić information content (AvgIpc) is 2.69. The first-order valence-electron chi connectivity index (χ1n) is 8.57. The Hall–Kier alpha value is -2.31. The lowest BCUT2D eigenvalue weighted by Gasteiger charge is -2.34. The molecule has 0 N–H and O–H groups in total. The van der Waals surface area contributed by atoms with Crippen LogP contribution in [0.4, 0.5) is 5.82 Å². The molecule has 1 aliphatic rings. The fourth-order valence-electron chi connectivity index (χ4n) is 3.07. The molecule has 1 fully saturated rings. The van der Waals surface area contributed by atoms with Crippen LogP contribution in [0.5, 0.6) is 0 Å². The molecular formula is C20H19BrN4O. The van der Waals surface area contributed by atoms with Crippen molar-refractivity contribution in [1.82, 2.24) is 15.0 Å². The van der Waals surface area contributed by atoms with Crippen LogP contribution in [0.2, 0.25) is 0 Å². The lowest BCUT2D eigenvalue weighted by atomic mass is 10.1. The topological polar surface area (TPSA) is 51.1 Å². The van der Waals surface area contributed by atoms with Gasteiger partial charge in [-0.3, -0.25) is 4.98 Å². The van der Waals surface area contributed by atoms with Crippen LogP contribution in [0, 0.1) is 6.92 Å². The number of pyridine rings is 1. The molecule has 5 nitrogen and oxygen atoms in total. The standard InChI is InChI=1S/C20H19BrN4O/c1-14-11-19(24-20(23-14)16-3-2-8-22-12-16)25-9-10-26-18(13-25)15-4-6-17(21)7-5-15/h2-8,11-12,18H,9-10,13H2,1H3. The third-order valence-electron chi connectivity index (χ3n) is 4.39. The maximum Gasteiger partial charge on any atom is 0.163 e. The predicted octanol–water partition coefficient (Wildman–Crippen LogP) is 4.19. The molecule has 26 heavy (non-hydrogen) atoms. The highest BCUT2D eigenvalue weighted by Gasteiger charge is 2.23. The van der Waals surface area contributed by atoms with E-state index in [-0.39, 0.29) is 6.10 Å². The van der Waals surface area contributed by atoms with E-state index in [0.717, 1.165) is 34.6 Å². The normalized spacial score (nSPS) is 17.3. The number of morpholine rings is 1. The van der Waals surface area contributed by atoms with Crippen LogP contribution < -0.4 is 4.90 Å². The molecule has 1 aliphatic heterocycles. The lowest BCUT2D eigenvalue weighted by molar-refractivity contribution is 0.0395. The smallest absolute Gasteiger partial charge is 0.163 e. The number of hydrogen-bond donors (Lipinski definition) is 0. The summed E-state index contributed by atoms with van der Waals surface area (Å²) < 4.78 is 7.06. The number of ether oxygens (including phenoxy) is 1. The Kier molecular flexibility index (Phi) is 4.95. The van der Waals surface area contributed by atoms with Crippen molar-refractivity contribution < 1.29 is 4.74 Å². The average molecular weight is 411 g/mol. The van der Waals surface area contributed by atoms with Crippen molar-refractivity contribution >= 4 is 21.7 Å². The quantitative estimate of drug-likeness (QED) is 0.647. The van der Waals surface area contributed by atoms with E-state index in [0.29, 0.717) is 12.4 Å². The summed E-state index contributed by atoms with van der Waals surface area (Å²) in [5, 5.41) is 0. The minimum atomic E-state index is 0.0361. The van der Waals surface area contributed by atoms with Gasteiger partial charge >= 0.3 is 0 Å². The van der Waals surface area contributed by atoms with Crippen LogP contribution in [-0.2, 0) is 4.74 Å². The van der Waals surface area contributed by atoms with Crippen LogP contribution >= 0.6 is 15.9 Å². The van der Waals surface area contributed by atoms with Crippen LogP contribution in [0.25, 0.3) is 11.4 Å². The van der Waals surface area contributed by atoms with Crippen LogP contribution in [0.15, 0.2) is 59.3 Å². The fraction of sp³-hybridized carbons (Fsp3) is 0.250. The number of hydrogen-bond acceptors (Lipinski definition) is 5. The Morgan fingerprint density at radius 2 is 2.00 bits per heavy atom. The highest BCUT2D eigenvalue weighted by atomic mass is 79.9. The zero-order valence-electron chi connectivity index (χ0n) is 14.5. The number of aromatic nitrogens is 3. The Bertz CT molecular complexity index is 886. The largest absolute Gasteiger partial charge is 0.370 e. The molecular weight excluding hydrogens is 392 g/mol. The molecule has 1 saturated heterocycles. The summed E-state index contributed by atoms with van der Waals surface area (Å²) >= 11 is 3.48. The van der Waals surface area contributed by atoms with Gasteiger partial charge < -0.3 is 9.64 Å². The molecule has 0 amide bonds. The second-order valence-electron chi connectivity index (χ2n) is 6.29. The van der Waals surface area contributed by atoms with Gasteiger partial charge in [0.15, 0.2) is 5.82 Å². The van der Waals surface area contributed by atoms with Crippen molar-refractivity contribution in [2.75, 3.05) is 24.6 Å². The monoisotopic (exact) mass is 410 g/mol. The zero-order chi connectivity index (χ0) is 17.9. The minimum Gasteiger partial charge on any atom is -0.370 e. The molecule has 0 aliphatic carbocycles. The molecule has 0 bridgehead atoms. The fourth-order valence-corrected chi connectivity index (χ4v) is 3.34. The van der Waals surface area contributed by atoms with Gasteiger partial charge in [-0.2, -0.15) is 0 Å². The number of nitrogens with zero attached hydrogens (tertiary/aromatic N) is 4. The van der Waals surface area contributed by atoms with Crippen LogP contribution in [-0.4, -0.2) is 34.6 Å². The molecule has 3 heterocycles. The van der Waals surface area contributed by atoms with E-state index < -0.39 is 0 Å². The lowest BCUT2D eigenvalue weighted by Crippen LogP contribution is -2.39. The molecule has 0 saturated carbocycles. The molecule has 2 aromatic heterocycles. The van der Waals surface area contributed by atoms with Crippen molar-refractivity contribution in [3.05, 3.63) is 70.6 Å². The summed E-state index contributed by atoms with van der Waals surface area (Å²) in [5.41, 5.74) is 3.05. The summed E-state index contributed by atoms with van der Waals surface area (Å²) in [5.74, 6) is 1.64. The SMILES string of the molecule is Cc1cc(N2CCOC(c3ccc(Br)cc3)C2)nc(-c2cccnc2)n1. The van der Waals surface area contributed by atoms with Gasteiger partial charge in [-0.25, -0.2) is 9.97 Å². The van der Waals surface area contributed by atoms with Gasteiger partial charge in [0.1, 0.15) is 11.9 Å². The zero-order valence-corrected chi connectivity index (χ0v) is 16.1. The molecule has 0 radical (unpaired) electrons.